The lowest BCUT2D eigenvalue weighted by atomic mass is 9.88. The first-order valence-corrected chi connectivity index (χ1v) is 5.48. The summed E-state index contributed by atoms with van der Waals surface area (Å²) in [6.07, 6.45) is 3.31. The molecule has 13 heavy (non-hydrogen) atoms. The highest BCUT2D eigenvalue weighted by Crippen LogP contribution is 2.27. The van der Waals surface area contributed by atoms with Crippen molar-refractivity contribution in [1.82, 2.24) is 0 Å². The molecule has 1 unspecified atom stereocenters. The first-order valence-electron chi connectivity index (χ1n) is 5.48. The Morgan fingerprint density at radius 2 is 1.69 bits per heavy atom. The van der Waals surface area contributed by atoms with Crippen molar-refractivity contribution >= 4 is 0 Å². The van der Waals surface area contributed by atoms with E-state index in [-0.39, 0.29) is 11.7 Å². The molecule has 0 fully saturated rings. The topological polar surface area (TPSA) is 29.5 Å². The van der Waals surface area contributed by atoms with Crippen LogP contribution >= 0.6 is 0 Å². The van der Waals surface area contributed by atoms with Crippen LogP contribution in [0.4, 0.5) is 0 Å². The van der Waals surface area contributed by atoms with Crippen LogP contribution in [0.1, 0.15) is 53.4 Å². The van der Waals surface area contributed by atoms with E-state index in [1.54, 1.807) is 0 Å². The van der Waals surface area contributed by atoms with E-state index in [1.165, 1.54) is 0 Å². The summed E-state index contributed by atoms with van der Waals surface area (Å²) in [5, 5.41) is 9.97. The molecule has 0 amide bonds. The van der Waals surface area contributed by atoms with Gasteiger partial charge in [0.05, 0.1) is 11.7 Å². The van der Waals surface area contributed by atoms with E-state index in [1.807, 2.05) is 6.92 Å². The number of ether oxygens (including phenoxy) is 1. The van der Waals surface area contributed by atoms with Crippen LogP contribution in [0.3, 0.4) is 0 Å². The van der Waals surface area contributed by atoms with Crippen molar-refractivity contribution in [2.75, 3.05) is 6.61 Å². The van der Waals surface area contributed by atoms with E-state index >= 15 is 0 Å². The van der Waals surface area contributed by atoms with Crippen LogP contribution in [0.5, 0.6) is 0 Å². The second-order valence-electron chi connectivity index (χ2n) is 3.51. The number of rotatable bonds is 7. The highest BCUT2D eigenvalue weighted by atomic mass is 16.5. The van der Waals surface area contributed by atoms with Crippen LogP contribution in [-0.4, -0.2) is 23.4 Å². The molecule has 80 valence electrons. The number of aliphatic hydroxyl groups excluding tert-OH is 1. The summed E-state index contributed by atoms with van der Waals surface area (Å²) in [4.78, 5) is 0. The van der Waals surface area contributed by atoms with Crippen molar-refractivity contribution in [2.24, 2.45) is 0 Å². The Hall–Kier alpha value is -0.0800. The molecular formula is C11H24O2. The van der Waals surface area contributed by atoms with Gasteiger partial charge < -0.3 is 9.84 Å². The van der Waals surface area contributed by atoms with Gasteiger partial charge in [0.2, 0.25) is 0 Å². The SMILES string of the molecule is CCCC(O)C(CC)(CC)OCC. The van der Waals surface area contributed by atoms with Gasteiger partial charge in [-0.05, 0) is 26.2 Å². The molecule has 1 atom stereocenters. The average molecular weight is 188 g/mol. The second-order valence-corrected chi connectivity index (χ2v) is 3.51. The molecule has 2 nitrogen and oxygen atoms in total. The summed E-state index contributed by atoms with van der Waals surface area (Å²) < 4.78 is 5.69. The molecule has 0 bridgehead atoms. The third-order valence-electron chi connectivity index (χ3n) is 2.80. The van der Waals surface area contributed by atoms with Gasteiger partial charge in [0.15, 0.2) is 0 Å². The quantitative estimate of drug-likeness (QED) is 0.665. The van der Waals surface area contributed by atoms with E-state index in [0.29, 0.717) is 6.61 Å². The van der Waals surface area contributed by atoms with Crippen LogP contribution in [0.25, 0.3) is 0 Å². The van der Waals surface area contributed by atoms with Crippen LogP contribution in [0.2, 0.25) is 0 Å². The van der Waals surface area contributed by atoms with Gasteiger partial charge in [-0.3, -0.25) is 0 Å². The molecule has 0 radical (unpaired) electrons. The van der Waals surface area contributed by atoms with Gasteiger partial charge in [-0.15, -0.1) is 0 Å². The van der Waals surface area contributed by atoms with Crippen molar-refractivity contribution in [3.8, 4) is 0 Å². The highest BCUT2D eigenvalue weighted by molar-refractivity contribution is 4.85. The fraction of sp³-hybridized carbons (Fsp3) is 1.00. The van der Waals surface area contributed by atoms with Crippen LogP contribution < -0.4 is 0 Å². The lowest BCUT2D eigenvalue weighted by Crippen LogP contribution is -2.44. The molecular weight excluding hydrogens is 164 g/mol. The Morgan fingerprint density at radius 1 is 1.15 bits per heavy atom. The summed E-state index contributed by atoms with van der Waals surface area (Å²) in [6, 6.07) is 0. The summed E-state index contributed by atoms with van der Waals surface area (Å²) >= 11 is 0. The molecule has 0 aliphatic carbocycles. The largest absolute Gasteiger partial charge is 0.390 e. The molecule has 0 spiro atoms. The lowest BCUT2D eigenvalue weighted by Gasteiger charge is -2.36. The zero-order valence-electron chi connectivity index (χ0n) is 9.47. The molecule has 0 heterocycles. The maximum atomic E-state index is 9.97. The first-order chi connectivity index (χ1) is 6.16. The van der Waals surface area contributed by atoms with Crippen molar-refractivity contribution in [3.05, 3.63) is 0 Å². The van der Waals surface area contributed by atoms with Gasteiger partial charge in [0.25, 0.3) is 0 Å². The van der Waals surface area contributed by atoms with Gasteiger partial charge in [0.1, 0.15) is 0 Å². The number of hydrogen-bond donors (Lipinski definition) is 1. The van der Waals surface area contributed by atoms with Crippen LogP contribution in [0, 0.1) is 0 Å². The Morgan fingerprint density at radius 3 is 2.00 bits per heavy atom. The summed E-state index contributed by atoms with van der Waals surface area (Å²) in [6.45, 7) is 8.92. The Balaban J connectivity index is 4.33. The molecule has 0 aromatic heterocycles. The summed E-state index contributed by atoms with van der Waals surface area (Å²) in [5.74, 6) is 0. The lowest BCUT2D eigenvalue weighted by molar-refractivity contribution is -0.127. The minimum absolute atomic E-state index is 0.301. The van der Waals surface area contributed by atoms with E-state index < -0.39 is 0 Å². The zero-order valence-corrected chi connectivity index (χ0v) is 9.47. The first kappa shape index (κ1) is 12.9. The Labute approximate surface area is 82.3 Å². The Kier molecular flexibility index (Phi) is 6.35. The molecule has 0 rings (SSSR count). The van der Waals surface area contributed by atoms with Crippen molar-refractivity contribution in [3.63, 3.8) is 0 Å². The van der Waals surface area contributed by atoms with E-state index in [4.69, 9.17) is 4.74 Å². The Bertz CT molecular complexity index is 119. The fourth-order valence-electron chi connectivity index (χ4n) is 1.85. The number of aliphatic hydroxyl groups is 1. The third-order valence-corrected chi connectivity index (χ3v) is 2.80. The summed E-state index contributed by atoms with van der Waals surface area (Å²) in [7, 11) is 0. The standard InChI is InChI=1S/C11H24O2/c1-5-9-10(12)11(6-2,7-3)13-8-4/h10,12H,5-9H2,1-4H3. The molecule has 0 saturated heterocycles. The molecule has 0 aromatic rings. The zero-order chi connectivity index (χ0) is 10.3. The smallest absolute Gasteiger partial charge is 0.0934 e. The summed E-state index contributed by atoms with van der Waals surface area (Å²) in [5.41, 5.74) is -0.301. The van der Waals surface area contributed by atoms with E-state index in [2.05, 4.69) is 20.8 Å². The maximum Gasteiger partial charge on any atom is 0.0934 e. The molecule has 0 aliphatic rings. The average Bonchev–Trinajstić information content (AvgIpc) is 2.14. The molecule has 1 N–H and O–H groups in total. The number of hydrogen-bond acceptors (Lipinski definition) is 2. The van der Waals surface area contributed by atoms with E-state index in [9.17, 15) is 5.11 Å². The van der Waals surface area contributed by atoms with Crippen molar-refractivity contribution < 1.29 is 9.84 Å². The normalized spacial score (nSPS) is 14.5. The molecule has 0 saturated carbocycles. The van der Waals surface area contributed by atoms with Crippen LogP contribution in [0.15, 0.2) is 0 Å². The van der Waals surface area contributed by atoms with Crippen LogP contribution in [-0.2, 0) is 4.74 Å². The van der Waals surface area contributed by atoms with Gasteiger partial charge in [-0.25, -0.2) is 0 Å². The minimum atomic E-state index is -0.313. The highest BCUT2D eigenvalue weighted by Gasteiger charge is 2.34. The fourth-order valence-corrected chi connectivity index (χ4v) is 1.85. The third kappa shape index (κ3) is 3.28. The van der Waals surface area contributed by atoms with Crippen molar-refractivity contribution in [2.45, 2.75) is 65.1 Å². The second kappa shape index (κ2) is 6.39. The molecule has 0 aromatic carbocycles. The van der Waals surface area contributed by atoms with Gasteiger partial charge >= 0.3 is 0 Å². The van der Waals surface area contributed by atoms with Gasteiger partial charge in [-0.1, -0.05) is 27.2 Å². The van der Waals surface area contributed by atoms with Gasteiger partial charge in [0, 0.05) is 6.61 Å². The predicted octanol–water partition coefficient (Wildman–Crippen LogP) is 2.74. The van der Waals surface area contributed by atoms with Crippen molar-refractivity contribution in [1.29, 1.82) is 0 Å². The predicted molar refractivity (Wildman–Crippen MR) is 55.9 cm³/mol. The minimum Gasteiger partial charge on any atom is -0.390 e. The maximum absolute atomic E-state index is 9.97. The molecule has 0 aliphatic heterocycles. The van der Waals surface area contributed by atoms with Gasteiger partial charge in [-0.2, -0.15) is 0 Å². The van der Waals surface area contributed by atoms with E-state index in [0.717, 1.165) is 25.7 Å². The molecule has 2 heteroatoms. The monoisotopic (exact) mass is 188 g/mol.